The second kappa shape index (κ2) is 3.37. The first-order valence-corrected chi connectivity index (χ1v) is 4.49. The van der Waals surface area contributed by atoms with Gasteiger partial charge in [-0.25, -0.2) is 0 Å². The number of benzene rings is 1. The number of carbonyl (C=O) groups excluding carboxylic acids is 1. The van der Waals surface area contributed by atoms with Crippen molar-refractivity contribution in [3.63, 3.8) is 0 Å². The van der Waals surface area contributed by atoms with E-state index in [2.05, 4.69) is 0 Å². The van der Waals surface area contributed by atoms with Crippen LogP contribution >= 0.6 is 0 Å². The highest BCUT2D eigenvalue weighted by Gasteiger charge is 2.31. The average Bonchev–Trinajstić information content (AvgIpc) is 2.59. The number of fused-ring (bicyclic) bond motifs is 1. The molecule has 2 rings (SSSR count). The summed E-state index contributed by atoms with van der Waals surface area (Å²) in [5.41, 5.74) is -0.336. The Hall–Kier alpha value is -2.31. The zero-order chi connectivity index (χ0) is 11.9. The number of nitro groups is 2. The van der Waals surface area contributed by atoms with E-state index in [-0.39, 0.29) is 29.9 Å². The summed E-state index contributed by atoms with van der Waals surface area (Å²) in [6, 6.07) is 2.01. The van der Waals surface area contributed by atoms with Crippen LogP contribution in [0.4, 0.5) is 11.4 Å². The van der Waals surface area contributed by atoms with Crippen molar-refractivity contribution in [1.29, 1.82) is 0 Å². The molecule has 7 nitrogen and oxygen atoms in total. The van der Waals surface area contributed by atoms with Gasteiger partial charge >= 0.3 is 0 Å². The highest BCUT2D eigenvalue weighted by Crippen LogP contribution is 2.34. The Morgan fingerprint density at radius 1 is 1.06 bits per heavy atom. The number of hydrogen-bond donors (Lipinski definition) is 0. The highest BCUT2D eigenvalue weighted by molar-refractivity contribution is 6.02. The fraction of sp³-hybridized carbons (Fsp3) is 0.222. The molecule has 0 radical (unpaired) electrons. The van der Waals surface area contributed by atoms with Crippen LogP contribution < -0.4 is 0 Å². The molecule has 0 aromatic heterocycles. The number of hydrogen-bond acceptors (Lipinski definition) is 5. The molecule has 0 unspecified atom stereocenters. The highest BCUT2D eigenvalue weighted by atomic mass is 16.6. The molecule has 0 saturated heterocycles. The summed E-state index contributed by atoms with van der Waals surface area (Å²) in [7, 11) is 0. The number of rotatable bonds is 2. The van der Waals surface area contributed by atoms with E-state index in [4.69, 9.17) is 0 Å². The van der Waals surface area contributed by atoms with Crippen molar-refractivity contribution in [3.05, 3.63) is 43.5 Å². The van der Waals surface area contributed by atoms with Crippen molar-refractivity contribution in [2.24, 2.45) is 0 Å². The number of non-ortho nitro benzene ring substituents is 1. The van der Waals surface area contributed by atoms with E-state index in [9.17, 15) is 25.0 Å². The molecular weight excluding hydrogens is 216 g/mol. The lowest BCUT2D eigenvalue weighted by Crippen LogP contribution is -1.99. The maximum atomic E-state index is 11.4. The van der Waals surface area contributed by atoms with Gasteiger partial charge in [0.1, 0.15) is 0 Å². The Morgan fingerprint density at radius 3 is 2.31 bits per heavy atom. The van der Waals surface area contributed by atoms with Crippen LogP contribution in [-0.2, 0) is 6.42 Å². The van der Waals surface area contributed by atoms with Gasteiger partial charge in [0, 0.05) is 23.6 Å². The normalized spacial score (nSPS) is 13.6. The van der Waals surface area contributed by atoms with E-state index in [1.54, 1.807) is 0 Å². The average molecular weight is 222 g/mol. The first-order valence-electron chi connectivity index (χ1n) is 4.49. The lowest BCUT2D eigenvalue weighted by molar-refractivity contribution is -0.394. The van der Waals surface area contributed by atoms with Gasteiger partial charge in [0.15, 0.2) is 5.78 Å². The van der Waals surface area contributed by atoms with Crippen LogP contribution in [0.2, 0.25) is 0 Å². The molecule has 0 aliphatic heterocycles. The van der Waals surface area contributed by atoms with Crippen molar-refractivity contribution in [1.82, 2.24) is 0 Å². The Balaban J connectivity index is 2.70. The van der Waals surface area contributed by atoms with Crippen molar-refractivity contribution in [2.75, 3.05) is 0 Å². The van der Waals surface area contributed by atoms with Crippen molar-refractivity contribution < 1.29 is 14.6 Å². The van der Waals surface area contributed by atoms with Gasteiger partial charge in [0.05, 0.1) is 15.9 Å². The van der Waals surface area contributed by atoms with Gasteiger partial charge in [0.25, 0.3) is 11.4 Å². The molecule has 1 aliphatic carbocycles. The van der Waals surface area contributed by atoms with Gasteiger partial charge in [-0.05, 0) is 6.42 Å². The second-order valence-corrected chi connectivity index (χ2v) is 3.43. The van der Waals surface area contributed by atoms with Crippen molar-refractivity contribution >= 4 is 17.2 Å². The Kier molecular flexibility index (Phi) is 2.15. The fourth-order valence-electron chi connectivity index (χ4n) is 1.79. The summed E-state index contributed by atoms with van der Waals surface area (Å²) in [6.45, 7) is 0. The van der Waals surface area contributed by atoms with E-state index in [1.807, 2.05) is 0 Å². The minimum atomic E-state index is -0.737. The van der Waals surface area contributed by atoms with Crippen LogP contribution in [0.1, 0.15) is 22.3 Å². The molecule has 1 aromatic rings. The van der Waals surface area contributed by atoms with Crippen LogP contribution in [0.25, 0.3) is 0 Å². The maximum Gasteiger partial charge on any atom is 0.280 e. The van der Waals surface area contributed by atoms with E-state index in [1.165, 1.54) is 0 Å². The topological polar surface area (TPSA) is 103 Å². The lowest BCUT2D eigenvalue weighted by Gasteiger charge is -1.99. The standard InChI is InChI=1S/C9H6N2O5/c12-9-2-1-6-7(9)3-5(10(13)14)4-8(6)11(15)16/h3-4H,1-2H2. The van der Waals surface area contributed by atoms with Gasteiger partial charge in [-0.1, -0.05) is 0 Å². The number of carbonyl (C=O) groups is 1. The Bertz CT molecular complexity index is 523. The predicted octanol–water partition coefficient (Wildman–Crippen LogP) is 1.63. The summed E-state index contributed by atoms with van der Waals surface area (Å²) in [5.74, 6) is -0.276. The number of nitrogens with zero attached hydrogens (tertiary/aromatic N) is 2. The van der Waals surface area contributed by atoms with Crippen LogP contribution in [0, 0.1) is 20.2 Å². The largest absolute Gasteiger partial charge is 0.294 e. The lowest BCUT2D eigenvalue weighted by atomic mass is 10.1. The quantitative estimate of drug-likeness (QED) is 0.558. The number of Topliss-reactive ketones (excluding diaryl/α,β-unsaturated/α-hetero) is 1. The van der Waals surface area contributed by atoms with Crippen molar-refractivity contribution in [3.8, 4) is 0 Å². The van der Waals surface area contributed by atoms with Crippen LogP contribution in [0.5, 0.6) is 0 Å². The molecule has 0 spiro atoms. The minimum absolute atomic E-state index is 0.112. The van der Waals surface area contributed by atoms with Crippen LogP contribution in [0.3, 0.4) is 0 Å². The smallest absolute Gasteiger partial charge is 0.280 e. The summed E-state index contributed by atoms with van der Waals surface area (Å²) in [4.78, 5) is 31.2. The molecule has 7 heteroatoms. The van der Waals surface area contributed by atoms with E-state index < -0.39 is 15.5 Å². The molecule has 0 atom stereocenters. The molecule has 1 aromatic carbocycles. The Labute approximate surface area is 89.0 Å². The molecule has 0 fully saturated rings. The molecular formula is C9H6N2O5. The number of ketones is 1. The van der Waals surface area contributed by atoms with Gasteiger partial charge in [-0.3, -0.25) is 25.0 Å². The Morgan fingerprint density at radius 2 is 1.75 bits per heavy atom. The van der Waals surface area contributed by atoms with E-state index in [0.29, 0.717) is 5.56 Å². The molecule has 0 N–H and O–H groups in total. The third-order valence-corrected chi connectivity index (χ3v) is 2.52. The first kappa shape index (κ1) is 10.2. The SMILES string of the molecule is O=C1CCc2c1cc([N+](=O)[O-])cc2[N+](=O)[O-]. The van der Waals surface area contributed by atoms with Gasteiger partial charge < -0.3 is 0 Å². The third kappa shape index (κ3) is 1.42. The fourth-order valence-corrected chi connectivity index (χ4v) is 1.79. The predicted molar refractivity (Wildman–Crippen MR) is 52.4 cm³/mol. The molecule has 0 heterocycles. The first-order chi connectivity index (χ1) is 7.50. The van der Waals surface area contributed by atoms with Crippen molar-refractivity contribution in [2.45, 2.75) is 12.8 Å². The van der Waals surface area contributed by atoms with Crippen LogP contribution in [-0.4, -0.2) is 15.6 Å². The maximum absolute atomic E-state index is 11.4. The summed E-state index contributed by atoms with van der Waals surface area (Å²) in [6.07, 6.45) is 0.458. The molecule has 16 heavy (non-hydrogen) atoms. The molecule has 1 aliphatic rings. The second-order valence-electron chi connectivity index (χ2n) is 3.43. The zero-order valence-electron chi connectivity index (χ0n) is 8.00. The molecule has 0 saturated carbocycles. The summed E-state index contributed by atoms with van der Waals surface area (Å²) in [5, 5.41) is 21.3. The van der Waals surface area contributed by atoms with Crippen LogP contribution in [0.15, 0.2) is 12.1 Å². The zero-order valence-corrected chi connectivity index (χ0v) is 8.00. The molecule has 0 bridgehead atoms. The summed E-state index contributed by atoms with van der Waals surface area (Å²) < 4.78 is 0. The monoisotopic (exact) mass is 222 g/mol. The van der Waals surface area contributed by atoms with Gasteiger partial charge in [-0.15, -0.1) is 0 Å². The summed E-state index contributed by atoms with van der Waals surface area (Å²) >= 11 is 0. The van der Waals surface area contributed by atoms with E-state index in [0.717, 1.165) is 12.1 Å². The third-order valence-electron chi connectivity index (χ3n) is 2.52. The molecule has 82 valence electrons. The minimum Gasteiger partial charge on any atom is -0.294 e. The van der Waals surface area contributed by atoms with Gasteiger partial charge in [-0.2, -0.15) is 0 Å². The number of nitro benzene ring substituents is 2. The van der Waals surface area contributed by atoms with Gasteiger partial charge in [0.2, 0.25) is 0 Å². The molecule has 0 amide bonds. The van der Waals surface area contributed by atoms with E-state index >= 15 is 0 Å².